The number of rotatable bonds is 4. The Morgan fingerprint density at radius 2 is 1.65 bits per heavy atom. The molecule has 0 radical (unpaired) electrons. The standard InChI is InChI=1S/C18H20OSe/c1-14-18(15-8-4-2-5-9-15)12-16(19-14)13-20-17-10-6-3-7-11-17/h2-11,14,16,18H,12-13H2,1H3/t14-,16?,18+/m1/s1. The number of hydrogen-bond donors (Lipinski definition) is 0. The van der Waals surface area contributed by atoms with Crippen molar-refractivity contribution in [1.29, 1.82) is 0 Å². The normalized spacial score (nSPS) is 25.8. The van der Waals surface area contributed by atoms with Gasteiger partial charge in [-0.05, 0) is 0 Å². The van der Waals surface area contributed by atoms with Crippen LogP contribution in [0.15, 0.2) is 60.7 Å². The van der Waals surface area contributed by atoms with E-state index in [0.29, 0.717) is 33.1 Å². The maximum atomic E-state index is 6.17. The molecule has 0 amide bonds. The monoisotopic (exact) mass is 332 g/mol. The van der Waals surface area contributed by atoms with Crippen LogP contribution in [-0.4, -0.2) is 27.2 Å². The molecule has 104 valence electrons. The molecule has 20 heavy (non-hydrogen) atoms. The number of benzene rings is 2. The van der Waals surface area contributed by atoms with Gasteiger partial charge in [0.15, 0.2) is 0 Å². The van der Waals surface area contributed by atoms with Crippen molar-refractivity contribution in [1.82, 2.24) is 0 Å². The van der Waals surface area contributed by atoms with Gasteiger partial charge in [0.1, 0.15) is 0 Å². The van der Waals surface area contributed by atoms with Crippen LogP contribution in [0.25, 0.3) is 0 Å². The molecule has 1 nitrogen and oxygen atoms in total. The molecule has 1 heterocycles. The van der Waals surface area contributed by atoms with Gasteiger partial charge in [-0.25, -0.2) is 0 Å². The molecule has 0 saturated carbocycles. The summed E-state index contributed by atoms with van der Waals surface area (Å²) in [4.78, 5) is 0. The summed E-state index contributed by atoms with van der Waals surface area (Å²) in [6.45, 7) is 2.22. The zero-order valence-electron chi connectivity index (χ0n) is 11.7. The van der Waals surface area contributed by atoms with Gasteiger partial charge in [-0.3, -0.25) is 0 Å². The molecule has 1 aliphatic rings. The van der Waals surface area contributed by atoms with Crippen molar-refractivity contribution in [2.24, 2.45) is 0 Å². The first-order chi connectivity index (χ1) is 9.83. The molecule has 0 aromatic heterocycles. The predicted octanol–water partition coefficient (Wildman–Crippen LogP) is 3.40. The summed E-state index contributed by atoms with van der Waals surface area (Å²) >= 11 is 0.525. The van der Waals surface area contributed by atoms with Crippen LogP contribution in [0.3, 0.4) is 0 Å². The van der Waals surface area contributed by atoms with Crippen molar-refractivity contribution >= 4 is 19.4 Å². The first-order valence-corrected chi connectivity index (χ1v) is 9.28. The van der Waals surface area contributed by atoms with E-state index < -0.39 is 0 Å². The van der Waals surface area contributed by atoms with Crippen LogP contribution in [0, 0.1) is 0 Å². The Bertz CT molecular complexity index is 526. The minimum atomic E-state index is 0.342. The van der Waals surface area contributed by atoms with Crippen LogP contribution in [0.4, 0.5) is 0 Å². The third-order valence-corrected chi connectivity index (χ3v) is 6.30. The van der Waals surface area contributed by atoms with E-state index in [9.17, 15) is 0 Å². The summed E-state index contributed by atoms with van der Waals surface area (Å²) in [6, 6.07) is 21.6. The SMILES string of the molecule is C[C@H]1OC(C[Se]c2ccccc2)C[C@@H]1c1ccccc1. The molecule has 1 unspecified atom stereocenters. The third kappa shape index (κ3) is 3.32. The summed E-state index contributed by atoms with van der Waals surface area (Å²) < 4.78 is 7.64. The molecule has 1 fully saturated rings. The van der Waals surface area contributed by atoms with Crippen LogP contribution in [0.5, 0.6) is 0 Å². The molecule has 3 atom stereocenters. The Morgan fingerprint density at radius 3 is 2.35 bits per heavy atom. The van der Waals surface area contributed by atoms with Gasteiger partial charge in [-0.15, -0.1) is 0 Å². The second-order valence-corrected chi connectivity index (χ2v) is 7.63. The predicted molar refractivity (Wildman–Crippen MR) is 84.8 cm³/mol. The molecule has 2 aromatic carbocycles. The van der Waals surface area contributed by atoms with Crippen LogP contribution in [0.2, 0.25) is 5.32 Å². The minimum absolute atomic E-state index is 0.342. The molecule has 1 aliphatic heterocycles. The third-order valence-electron chi connectivity index (χ3n) is 3.90. The summed E-state index contributed by atoms with van der Waals surface area (Å²) in [6.07, 6.45) is 1.93. The zero-order valence-corrected chi connectivity index (χ0v) is 13.4. The van der Waals surface area contributed by atoms with E-state index in [-0.39, 0.29) is 0 Å². The van der Waals surface area contributed by atoms with Gasteiger partial charge >= 0.3 is 127 Å². The van der Waals surface area contributed by atoms with Gasteiger partial charge in [0.05, 0.1) is 0 Å². The Hall–Kier alpha value is -1.08. The van der Waals surface area contributed by atoms with Crippen LogP contribution in [-0.2, 0) is 4.74 Å². The van der Waals surface area contributed by atoms with Crippen molar-refractivity contribution in [3.05, 3.63) is 66.2 Å². The molecule has 0 bridgehead atoms. The van der Waals surface area contributed by atoms with Crippen molar-refractivity contribution in [3.63, 3.8) is 0 Å². The van der Waals surface area contributed by atoms with E-state index in [0.717, 1.165) is 0 Å². The van der Waals surface area contributed by atoms with Crippen molar-refractivity contribution in [3.8, 4) is 0 Å². The Balaban J connectivity index is 1.58. The topological polar surface area (TPSA) is 9.23 Å². The summed E-state index contributed by atoms with van der Waals surface area (Å²) in [5, 5.41) is 1.19. The molecule has 0 aliphatic carbocycles. The van der Waals surface area contributed by atoms with Gasteiger partial charge < -0.3 is 0 Å². The number of ether oxygens (including phenoxy) is 1. The molecular weight excluding hydrogens is 311 g/mol. The van der Waals surface area contributed by atoms with E-state index >= 15 is 0 Å². The quantitative estimate of drug-likeness (QED) is 0.781. The maximum absolute atomic E-state index is 6.17. The van der Waals surface area contributed by atoms with Gasteiger partial charge in [-0.2, -0.15) is 0 Å². The fourth-order valence-electron chi connectivity index (χ4n) is 2.85. The molecule has 3 rings (SSSR count). The van der Waals surface area contributed by atoms with Gasteiger partial charge in [-0.1, -0.05) is 0 Å². The van der Waals surface area contributed by atoms with E-state index in [4.69, 9.17) is 4.74 Å². The Labute approximate surface area is 127 Å². The van der Waals surface area contributed by atoms with Crippen molar-refractivity contribution < 1.29 is 4.74 Å². The fraction of sp³-hybridized carbons (Fsp3) is 0.333. The zero-order chi connectivity index (χ0) is 13.8. The summed E-state index contributed by atoms with van der Waals surface area (Å²) in [7, 11) is 0. The average Bonchev–Trinajstić information content (AvgIpc) is 2.88. The first-order valence-electron chi connectivity index (χ1n) is 7.21. The van der Waals surface area contributed by atoms with Gasteiger partial charge in [0.25, 0.3) is 0 Å². The second kappa shape index (κ2) is 6.58. The van der Waals surface area contributed by atoms with E-state index in [2.05, 4.69) is 67.6 Å². The van der Waals surface area contributed by atoms with E-state index in [1.54, 1.807) is 0 Å². The number of hydrogen-bond acceptors (Lipinski definition) is 1. The van der Waals surface area contributed by atoms with E-state index in [1.807, 2.05) is 0 Å². The van der Waals surface area contributed by atoms with E-state index in [1.165, 1.54) is 21.8 Å². The van der Waals surface area contributed by atoms with Crippen molar-refractivity contribution in [2.45, 2.75) is 36.8 Å². The molecule has 2 heteroatoms. The van der Waals surface area contributed by atoms with Crippen LogP contribution in [0.1, 0.15) is 24.8 Å². The Morgan fingerprint density at radius 1 is 1.00 bits per heavy atom. The molecular formula is C18H20OSe. The second-order valence-electron chi connectivity index (χ2n) is 5.34. The molecule has 0 N–H and O–H groups in total. The molecule has 0 spiro atoms. The Kier molecular flexibility index (Phi) is 4.57. The van der Waals surface area contributed by atoms with Crippen LogP contribution < -0.4 is 4.46 Å². The summed E-state index contributed by atoms with van der Waals surface area (Å²) in [5.41, 5.74) is 1.43. The summed E-state index contributed by atoms with van der Waals surface area (Å²) in [5.74, 6) is 0.563. The fourth-order valence-corrected chi connectivity index (χ4v) is 4.83. The first kappa shape index (κ1) is 13.9. The average molecular weight is 331 g/mol. The van der Waals surface area contributed by atoms with Gasteiger partial charge in [0, 0.05) is 0 Å². The van der Waals surface area contributed by atoms with Crippen LogP contribution >= 0.6 is 0 Å². The molecule has 2 aromatic rings. The van der Waals surface area contributed by atoms with Crippen molar-refractivity contribution in [2.75, 3.05) is 0 Å². The van der Waals surface area contributed by atoms with Gasteiger partial charge in [0.2, 0.25) is 0 Å². The molecule has 1 saturated heterocycles.